The quantitative estimate of drug-likeness (QED) is 0.599. The summed E-state index contributed by atoms with van der Waals surface area (Å²) in [5.41, 5.74) is 1.46. The third kappa shape index (κ3) is 5.66. The number of nitrogens with zero attached hydrogens (tertiary/aromatic N) is 1. The van der Waals surface area contributed by atoms with E-state index in [1.165, 1.54) is 6.07 Å². The molecule has 2 N–H and O–H groups in total. The van der Waals surface area contributed by atoms with Gasteiger partial charge < -0.3 is 19.7 Å². The van der Waals surface area contributed by atoms with Crippen LogP contribution >= 0.6 is 0 Å². The molecule has 8 nitrogen and oxygen atoms in total. The number of allylic oxidation sites excluding steroid dienone is 2. The normalized spacial score (nSPS) is 18.6. The largest absolute Gasteiger partial charge is 0.497 e. The molecule has 0 bridgehead atoms. The van der Waals surface area contributed by atoms with Crippen molar-refractivity contribution in [3.8, 4) is 5.75 Å². The predicted octanol–water partition coefficient (Wildman–Crippen LogP) is 3.63. The molecular formula is C24H29N3O5S. The van der Waals surface area contributed by atoms with E-state index >= 15 is 0 Å². The first-order chi connectivity index (χ1) is 16.0. The summed E-state index contributed by atoms with van der Waals surface area (Å²) in [6, 6.07) is 11.7. The van der Waals surface area contributed by atoms with Gasteiger partial charge in [0.25, 0.3) is 10.0 Å². The molecule has 0 radical (unpaired) electrons. The van der Waals surface area contributed by atoms with E-state index < -0.39 is 10.0 Å². The zero-order valence-corrected chi connectivity index (χ0v) is 19.4. The smallest absolute Gasteiger partial charge is 0.264 e. The number of ether oxygens (including phenoxy) is 2. The Balaban J connectivity index is 1.63. The minimum absolute atomic E-state index is 0.0927. The molecule has 9 heteroatoms. The average Bonchev–Trinajstić information content (AvgIpc) is 2.85. The molecule has 0 unspecified atom stereocenters. The number of carbonyl (C=O) groups is 1. The number of sulfonamides is 1. The molecule has 4 rings (SSSR count). The Morgan fingerprint density at radius 2 is 1.79 bits per heavy atom. The maximum atomic E-state index is 13.4. The van der Waals surface area contributed by atoms with Crippen LogP contribution in [0.1, 0.15) is 19.3 Å². The molecule has 33 heavy (non-hydrogen) atoms. The lowest BCUT2D eigenvalue weighted by atomic mass is 9.93. The third-order valence-corrected chi connectivity index (χ3v) is 7.26. The van der Waals surface area contributed by atoms with Crippen molar-refractivity contribution < 1.29 is 22.7 Å². The predicted molar refractivity (Wildman–Crippen MR) is 128 cm³/mol. The van der Waals surface area contributed by atoms with Crippen LogP contribution in [0.3, 0.4) is 0 Å². The van der Waals surface area contributed by atoms with Crippen LogP contribution in [0.25, 0.3) is 0 Å². The van der Waals surface area contributed by atoms with Crippen LogP contribution in [0.5, 0.6) is 5.75 Å². The topological polar surface area (TPSA) is 97.0 Å². The fraction of sp³-hybridized carbons (Fsp3) is 0.375. The summed E-state index contributed by atoms with van der Waals surface area (Å²) in [5.74, 6) is 0.436. The van der Waals surface area contributed by atoms with E-state index in [2.05, 4.69) is 16.1 Å². The van der Waals surface area contributed by atoms with Crippen LogP contribution in [0, 0.1) is 5.92 Å². The molecule has 1 atom stereocenters. The summed E-state index contributed by atoms with van der Waals surface area (Å²) < 4.78 is 40.1. The number of morpholine rings is 1. The second-order valence-electron chi connectivity index (χ2n) is 8.09. The fourth-order valence-electron chi connectivity index (χ4n) is 4.02. The van der Waals surface area contributed by atoms with Crippen LogP contribution in [0.4, 0.5) is 17.1 Å². The van der Waals surface area contributed by atoms with Crippen LogP contribution in [0.2, 0.25) is 0 Å². The molecule has 1 aliphatic heterocycles. The van der Waals surface area contributed by atoms with E-state index in [9.17, 15) is 13.2 Å². The molecule has 2 aromatic carbocycles. The molecule has 0 saturated carbocycles. The van der Waals surface area contributed by atoms with Crippen molar-refractivity contribution in [1.82, 2.24) is 0 Å². The van der Waals surface area contributed by atoms with Gasteiger partial charge in [0.2, 0.25) is 5.91 Å². The summed E-state index contributed by atoms with van der Waals surface area (Å²) in [6.45, 7) is 2.23. The fourth-order valence-corrected chi connectivity index (χ4v) is 5.33. The van der Waals surface area contributed by atoms with Crippen molar-refractivity contribution in [1.29, 1.82) is 0 Å². The molecular weight excluding hydrogens is 442 g/mol. The molecule has 0 aromatic heterocycles. The van der Waals surface area contributed by atoms with E-state index in [4.69, 9.17) is 9.47 Å². The Morgan fingerprint density at radius 3 is 2.45 bits per heavy atom. The van der Waals surface area contributed by atoms with Gasteiger partial charge in [-0.3, -0.25) is 9.52 Å². The van der Waals surface area contributed by atoms with Crippen molar-refractivity contribution in [2.75, 3.05) is 48.4 Å². The molecule has 2 aliphatic rings. The van der Waals surface area contributed by atoms with E-state index in [0.717, 1.165) is 12.8 Å². The van der Waals surface area contributed by atoms with Crippen LogP contribution in [-0.4, -0.2) is 47.7 Å². The maximum Gasteiger partial charge on any atom is 0.264 e. The number of anilines is 3. The Hall–Kier alpha value is -3.04. The molecule has 1 saturated heterocycles. The third-order valence-electron chi connectivity index (χ3n) is 5.85. The number of benzene rings is 2. The van der Waals surface area contributed by atoms with E-state index in [-0.39, 0.29) is 16.7 Å². The van der Waals surface area contributed by atoms with Crippen LogP contribution < -0.4 is 19.7 Å². The summed E-state index contributed by atoms with van der Waals surface area (Å²) in [7, 11) is -2.38. The zero-order valence-electron chi connectivity index (χ0n) is 18.6. The molecule has 0 spiro atoms. The maximum absolute atomic E-state index is 13.4. The van der Waals surface area contributed by atoms with Gasteiger partial charge in [0.1, 0.15) is 10.6 Å². The first-order valence-corrected chi connectivity index (χ1v) is 12.5. The number of hydrogen-bond acceptors (Lipinski definition) is 6. The summed E-state index contributed by atoms with van der Waals surface area (Å²) in [4.78, 5) is 14.8. The lowest BCUT2D eigenvalue weighted by molar-refractivity contribution is -0.120. The molecule has 1 aliphatic carbocycles. The molecule has 1 fully saturated rings. The highest BCUT2D eigenvalue weighted by molar-refractivity contribution is 7.92. The van der Waals surface area contributed by atoms with E-state index in [1.807, 2.05) is 11.0 Å². The van der Waals surface area contributed by atoms with Gasteiger partial charge in [-0.05, 0) is 61.7 Å². The molecule has 176 valence electrons. The Labute approximate surface area is 194 Å². The average molecular weight is 472 g/mol. The van der Waals surface area contributed by atoms with Gasteiger partial charge in [-0.2, -0.15) is 0 Å². The van der Waals surface area contributed by atoms with E-state index in [0.29, 0.717) is 55.5 Å². The number of methoxy groups -OCH3 is 1. The van der Waals surface area contributed by atoms with Crippen molar-refractivity contribution in [2.24, 2.45) is 5.92 Å². The zero-order chi connectivity index (χ0) is 23.3. The molecule has 1 amide bonds. The minimum Gasteiger partial charge on any atom is -0.497 e. The van der Waals surface area contributed by atoms with Crippen LogP contribution in [0.15, 0.2) is 59.5 Å². The van der Waals surface area contributed by atoms with Crippen molar-refractivity contribution in [3.63, 3.8) is 0 Å². The lowest BCUT2D eigenvalue weighted by Gasteiger charge is -2.30. The number of amides is 1. The van der Waals surface area contributed by atoms with Gasteiger partial charge in [0.15, 0.2) is 0 Å². The summed E-state index contributed by atoms with van der Waals surface area (Å²) in [5, 5.41) is 2.91. The second kappa shape index (κ2) is 10.3. The van der Waals surface area contributed by atoms with Gasteiger partial charge in [0.05, 0.1) is 26.0 Å². The van der Waals surface area contributed by atoms with Gasteiger partial charge in [0, 0.05) is 30.4 Å². The highest BCUT2D eigenvalue weighted by Gasteiger charge is 2.25. The Kier molecular flexibility index (Phi) is 7.20. The molecule has 2 aromatic rings. The monoisotopic (exact) mass is 471 g/mol. The summed E-state index contributed by atoms with van der Waals surface area (Å²) >= 11 is 0. The Bertz CT molecular complexity index is 1110. The van der Waals surface area contributed by atoms with Gasteiger partial charge in [-0.1, -0.05) is 12.2 Å². The van der Waals surface area contributed by atoms with Gasteiger partial charge in [-0.25, -0.2) is 8.42 Å². The van der Waals surface area contributed by atoms with Crippen molar-refractivity contribution >= 4 is 33.0 Å². The highest BCUT2D eigenvalue weighted by atomic mass is 32.2. The van der Waals surface area contributed by atoms with Gasteiger partial charge in [-0.15, -0.1) is 0 Å². The number of hydrogen-bond donors (Lipinski definition) is 2. The van der Waals surface area contributed by atoms with Crippen molar-refractivity contribution in [3.05, 3.63) is 54.6 Å². The number of rotatable bonds is 7. The standard InChI is InChI=1S/C24H29N3O5S/c1-31-21-10-7-19(8-11-21)26-33(29,30)23-17-20(25-24(28)18-5-3-2-4-6-18)9-12-22(23)27-13-15-32-16-14-27/h2-3,7-12,17-18,26H,4-6,13-16H2,1H3,(H,25,28)/t18-/m0/s1. The van der Waals surface area contributed by atoms with E-state index in [1.54, 1.807) is 43.5 Å². The Morgan fingerprint density at radius 1 is 1.06 bits per heavy atom. The molecule has 1 heterocycles. The SMILES string of the molecule is COc1ccc(NS(=O)(=O)c2cc(NC(=O)[C@H]3CC=CCC3)ccc2N2CCOCC2)cc1. The highest BCUT2D eigenvalue weighted by Crippen LogP contribution is 2.32. The second-order valence-corrected chi connectivity index (χ2v) is 9.74. The van der Waals surface area contributed by atoms with Crippen molar-refractivity contribution in [2.45, 2.75) is 24.2 Å². The first-order valence-electron chi connectivity index (χ1n) is 11.1. The number of carbonyl (C=O) groups excluding carboxylic acids is 1. The van der Waals surface area contributed by atoms with Crippen LogP contribution in [-0.2, 0) is 19.6 Å². The minimum atomic E-state index is -3.93. The first kappa shape index (κ1) is 23.1. The lowest BCUT2D eigenvalue weighted by Crippen LogP contribution is -2.37. The van der Waals surface area contributed by atoms with Gasteiger partial charge >= 0.3 is 0 Å². The number of nitrogens with one attached hydrogen (secondary N) is 2. The summed E-state index contributed by atoms with van der Waals surface area (Å²) in [6.07, 6.45) is 6.46.